The van der Waals surface area contributed by atoms with Gasteiger partial charge in [0.25, 0.3) is 5.91 Å². The van der Waals surface area contributed by atoms with Gasteiger partial charge in [0.05, 0.1) is 19.8 Å². The highest BCUT2D eigenvalue weighted by molar-refractivity contribution is 5.94. The maximum Gasteiger partial charge on any atom is 0.253 e. The number of hydrogen-bond donors (Lipinski definition) is 0. The van der Waals surface area contributed by atoms with Gasteiger partial charge in [-0.25, -0.2) is 4.98 Å². The fraction of sp³-hybridized carbons (Fsp3) is 0.542. The summed E-state index contributed by atoms with van der Waals surface area (Å²) in [6.45, 7) is 8.79. The van der Waals surface area contributed by atoms with E-state index in [1.165, 1.54) is 12.8 Å². The Balaban J connectivity index is 1.29. The Labute approximate surface area is 190 Å². The third-order valence-corrected chi connectivity index (χ3v) is 5.93. The lowest BCUT2D eigenvalue weighted by atomic mass is 10.1. The number of piperazine rings is 1. The van der Waals surface area contributed by atoms with Crippen LogP contribution in [0, 0.1) is 0 Å². The normalized spacial score (nSPS) is 16.8. The van der Waals surface area contributed by atoms with Crippen LogP contribution in [0.2, 0.25) is 0 Å². The molecule has 4 rings (SSSR count). The Kier molecular flexibility index (Phi) is 7.77. The molecule has 0 unspecified atom stereocenters. The smallest absolute Gasteiger partial charge is 0.253 e. The first-order valence-corrected chi connectivity index (χ1v) is 11.7. The summed E-state index contributed by atoms with van der Waals surface area (Å²) in [6, 6.07) is 9.46. The van der Waals surface area contributed by atoms with Crippen molar-refractivity contribution < 1.29 is 14.3 Å². The zero-order chi connectivity index (χ0) is 22.2. The van der Waals surface area contributed by atoms with E-state index in [4.69, 9.17) is 14.5 Å². The summed E-state index contributed by atoms with van der Waals surface area (Å²) in [5.41, 5.74) is 0.705. The van der Waals surface area contributed by atoms with Crippen LogP contribution in [0.15, 0.2) is 36.5 Å². The molecule has 2 saturated heterocycles. The number of amides is 1. The minimum absolute atomic E-state index is 0.0684. The predicted molar refractivity (Wildman–Crippen MR) is 125 cm³/mol. The molecular weight excluding hydrogens is 406 g/mol. The molecule has 0 atom stereocenters. The highest BCUT2D eigenvalue weighted by atomic mass is 16.5. The van der Waals surface area contributed by atoms with Crippen molar-refractivity contribution in [3.05, 3.63) is 42.1 Å². The number of rotatable bonds is 8. The number of aromatic nitrogens is 2. The van der Waals surface area contributed by atoms with Gasteiger partial charge in [-0.15, -0.1) is 0 Å². The van der Waals surface area contributed by atoms with E-state index in [1.54, 1.807) is 0 Å². The van der Waals surface area contributed by atoms with Crippen LogP contribution >= 0.6 is 0 Å². The highest BCUT2D eigenvalue weighted by Crippen LogP contribution is 2.19. The third-order valence-electron chi connectivity index (χ3n) is 5.93. The van der Waals surface area contributed by atoms with Crippen molar-refractivity contribution in [2.45, 2.75) is 26.2 Å². The molecule has 2 fully saturated rings. The van der Waals surface area contributed by atoms with Gasteiger partial charge in [-0.05, 0) is 36.8 Å². The van der Waals surface area contributed by atoms with Crippen LogP contribution in [0.3, 0.4) is 0 Å². The average Bonchev–Trinajstić information content (AvgIpc) is 2.87. The van der Waals surface area contributed by atoms with Gasteiger partial charge >= 0.3 is 0 Å². The molecule has 2 aromatic rings. The molecule has 1 amide bonds. The number of hydrogen-bond acceptors (Lipinski definition) is 7. The van der Waals surface area contributed by atoms with Gasteiger partial charge in [-0.3, -0.25) is 4.79 Å². The van der Waals surface area contributed by atoms with Crippen LogP contribution in [0.1, 0.15) is 36.5 Å². The van der Waals surface area contributed by atoms with Crippen LogP contribution in [0.4, 0.5) is 11.8 Å². The van der Waals surface area contributed by atoms with Gasteiger partial charge in [0, 0.05) is 51.0 Å². The predicted octanol–water partition coefficient (Wildman–Crippen LogP) is 2.84. The number of anilines is 2. The number of morpholine rings is 1. The Morgan fingerprint density at radius 2 is 1.72 bits per heavy atom. The minimum atomic E-state index is 0.0684. The van der Waals surface area contributed by atoms with E-state index in [1.807, 2.05) is 41.4 Å². The van der Waals surface area contributed by atoms with E-state index >= 15 is 0 Å². The van der Waals surface area contributed by atoms with Crippen molar-refractivity contribution in [1.29, 1.82) is 0 Å². The topological polar surface area (TPSA) is 71.0 Å². The lowest BCUT2D eigenvalue weighted by Gasteiger charge is -2.36. The van der Waals surface area contributed by atoms with E-state index in [9.17, 15) is 4.79 Å². The van der Waals surface area contributed by atoms with E-state index in [-0.39, 0.29) is 5.91 Å². The molecule has 0 N–H and O–H groups in total. The molecule has 2 aliphatic heterocycles. The number of nitrogens with zero attached hydrogens (tertiary/aromatic N) is 5. The molecule has 0 spiro atoms. The number of carbonyl (C=O) groups excluding carboxylic acids is 1. The molecule has 0 aliphatic carbocycles. The minimum Gasteiger partial charge on any atom is -0.494 e. The lowest BCUT2D eigenvalue weighted by Crippen LogP contribution is -2.49. The SMILES string of the molecule is CCCCCOc1ccc(C(=O)N2CCN(c3ccnc(N4CCOCC4)n3)CC2)cc1. The first-order chi connectivity index (χ1) is 15.7. The second-order valence-electron chi connectivity index (χ2n) is 8.17. The molecule has 2 aliphatic rings. The second-order valence-corrected chi connectivity index (χ2v) is 8.17. The molecule has 8 nitrogen and oxygen atoms in total. The highest BCUT2D eigenvalue weighted by Gasteiger charge is 2.24. The van der Waals surface area contributed by atoms with Gasteiger partial charge < -0.3 is 24.2 Å². The van der Waals surface area contributed by atoms with E-state index in [0.29, 0.717) is 31.9 Å². The fourth-order valence-electron chi connectivity index (χ4n) is 3.99. The monoisotopic (exact) mass is 439 g/mol. The van der Waals surface area contributed by atoms with E-state index < -0.39 is 0 Å². The zero-order valence-corrected chi connectivity index (χ0v) is 18.9. The number of unbranched alkanes of at least 4 members (excludes halogenated alkanes) is 2. The largest absolute Gasteiger partial charge is 0.494 e. The van der Waals surface area contributed by atoms with Crippen molar-refractivity contribution in [3.8, 4) is 5.75 Å². The molecule has 0 radical (unpaired) electrons. The molecule has 3 heterocycles. The van der Waals surface area contributed by atoms with Crippen LogP contribution in [0.25, 0.3) is 0 Å². The Morgan fingerprint density at radius 3 is 2.44 bits per heavy atom. The number of carbonyl (C=O) groups is 1. The maximum absolute atomic E-state index is 12.9. The van der Waals surface area contributed by atoms with Gasteiger partial charge in [0.2, 0.25) is 5.95 Å². The van der Waals surface area contributed by atoms with Crippen molar-refractivity contribution >= 4 is 17.7 Å². The second kappa shape index (κ2) is 11.1. The standard InChI is InChI=1S/C24H33N5O3/c1-2-3-4-17-32-21-7-5-20(6-8-21)23(30)28-13-11-27(12-14-28)22-9-10-25-24(26-22)29-15-18-31-19-16-29/h5-10H,2-4,11-19H2,1H3. The summed E-state index contributed by atoms with van der Waals surface area (Å²) in [5.74, 6) is 2.56. The van der Waals surface area contributed by atoms with Gasteiger partial charge in [-0.2, -0.15) is 4.98 Å². The summed E-state index contributed by atoms with van der Waals surface area (Å²) in [5, 5.41) is 0. The lowest BCUT2D eigenvalue weighted by molar-refractivity contribution is 0.0746. The fourth-order valence-corrected chi connectivity index (χ4v) is 3.99. The van der Waals surface area contributed by atoms with Gasteiger partial charge in [0.15, 0.2) is 0 Å². The van der Waals surface area contributed by atoms with Crippen LogP contribution < -0.4 is 14.5 Å². The maximum atomic E-state index is 12.9. The quantitative estimate of drug-likeness (QED) is 0.586. The van der Waals surface area contributed by atoms with Crippen molar-refractivity contribution in [1.82, 2.24) is 14.9 Å². The molecule has 172 valence electrons. The summed E-state index contributed by atoms with van der Waals surface area (Å²) in [7, 11) is 0. The first kappa shape index (κ1) is 22.3. The zero-order valence-electron chi connectivity index (χ0n) is 18.9. The van der Waals surface area contributed by atoms with Crippen LogP contribution in [-0.2, 0) is 4.74 Å². The molecular formula is C24H33N5O3. The first-order valence-electron chi connectivity index (χ1n) is 11.7. The Hall–Kier alpha value is -2.87. The molecule has 1 aromatic carbocycles. The molecule has 8 heteroatoms. The Bertz CT molecular complexity index is 862. The van der Waals surface area contributed by atoms with Crippen LogP contribution in [-0.4, -0.2) is 79.9 Å². The number of benzene rings is 1. The van der Waals surface area contributed by atoms with Crippen molar-refractivity contribution in [3.63, 3.8) is 0 Å². The summed E-state index contributed by atoms with van der Waals surface area (Å²) in [4.78, 5) is 28.4. The van der Waals surface area contributed by atoms with E-state index in [2.05, 4.69) is 21.7 Å². The molecule has 1 aromatic heterocycles. The summed E-state index contributed by atoms with van der Waals surface area (Å²) >= 11 is 0. The molecule has 32 heavy (non-hydrogen) atoms. The molecule has 0 saturated carbocycles. The van der Waals surface area contributed by atoms with Gasteiger partial charge in [-0.1, -0.05) is 19.8 Å². The van der Waals surface area contributed by atoms with Gasteiger partial charge in [0.1, 0.15) is 11.6 Å². The summed E-state index contributed by atoms with van der Waals surface area (Å²) < 4.78 is 11.2. The van der Waals surface area contributed by atoms with Crippen molar-refractivity contribution in [2.24, 2.45) is 0 Å². The average molecular weight is 440 g/mol. The summed E-state index contributed by atoms with van der Waals surface area (Å²) in [6.07, 6.45) is 5.22. The van der Waals surface area contributed by atoms with Crippen molar-refractivity contribution in [2.75, 3.05) is 68.9 Å². The third kappa shape index (κ3) is 5.68. The molecule has 0 bridgehead atoms. The van der Waals surface area contributed by atoms with Crippen LogP contribution in [0.5, 0.6) is 5.75 Å². The number of ether oxygens (including phenoxy) is 2. The van der Waals surface area contributed by atoms with E-state index in [0.717, 1.165) is 56.7 Å². The Morgan fingerprint density at radius 1 is 0.969 bits per heavy atom.